The Morgan fingerprint density at radius 2 is 1.67 bits per heavy atom. The van der Waals surface area contributed by atoms with Crippen LogP contribution in [-0.4, -0.2) is 14.5 Å². The first-order valence-electron chi connectivity index (χ1n) is 10.2. The molecule has 5 rings (SSSR count). The van der Waals surface area contributed by atoms with Crippen molar-refractivity contribution < 1.29 is 13.2 Å². The third-order valence-electron chi connectivity index (χ3n) is 5.44. The number of nitrogens with zero attached hydrogens (tertiary/aromatic N) is 2. The zero-order valence-electron chi connectivity index (χ0n) is 17.5. The molecule has 0 radical (unpaired) electrons. The van der Waals surface area contributed by atoms with E-state index in [2.05, 4.69) is 4.98 Å². The van der Waals surface area contributed by atoms with Gasteiger partial charge in [0.15, 0.2) is 5.16 Å². The number of para-hydroxylation sites is 1. The Labute approximate surface area is 191 Å². The second kappa shape index (κ2) is 8.12. The van der Waals surface area contributed by atoms with Crippen molar-refractivity contribution in [3.05, 3.63) is 99.8 Å². The lowest BCUT2D eigenvalue weighted by atomic mass is 10.1. The van der Waals surface area contributed by atoms with E-state index in [-0.39, 0.29) is 5.56 Å². The number of aryl methyl sites for hydroxylation is 1. The summed E-state index contributed by atoms with van der Waals surface area (Å²) in [6.45, 7) is 1.96. The largest absolute Gasteiger partial charge is 0.416 e. The quantitative estimate of drug-likeness (QED) is 0.244. The number of aromatic amines is 1. The molecule has 166 valence electrons. The van der Waals surface area contributed by atoms with Crippen LogP contribution in [0.25, 0.3) is 27.6 Å². The van der Waals surface area contributed by atoms with Crippen LogP contribution in [0.15, 0.2) is 82.7 Å². The van der Waals surface area contributed by atoms with E-state index in [1.54, 1.807) is 4.57 Å². The number of rotatable bonds is 4. The predicted molar refractivity (Wildman–Crippen MR) is 125 cm³/mol. The Hall–Kier alpha value is -3.52. The van der Waals surface area contributed by atoms with Crippen LogP contribution < -0.4 is 5.56 Å². The average molecular weight is 466 g/mol. The minimum Gasteiger partial charge on any atom is -0.349 e. The van der Waals surface area contributed by atoms with Gasteiger partial charge in [0.1, 0.15) is 11.0 Å². The van der Waals surface area contributed by atoms with Crippen molar-refractivity contribution >= 4 is 33.7 Å². The number of hydrogen-bond acceptors (Lipinski definition) is 3. The van der Waals surface area contributed by atoms with Crippen LogP contribution in [0.5, 0.6) is 0 Å². The van der Waals surface area contributed by atoms with E-state index < -0.39 is 11.7 Å². The van der Waals surface area contributed by atoms with Gasteiger partial charge in [0.05, 0.1) is 11.3 Å². The van der Waals surface area contributed by atoms with Crippen LogP contribution in [-0.2, 0) is 11.9 Å². The van der Waals surface area contributed by atoms with Crippen LogP contribution in [0, 0.1) is 6.92 Å². The highest BCUT2D eigenvalue weighted by Crippen LogP contribution is 2.31. The number of nitrogens with one attached hydrogen (secondary N) is 1. The van der Waals surface area contributed by atoms with Gasteiger partial charge in [-0.15, -0.1) is 0 Å². The highest BCUT2D eigenvalue weighted by atomic mass is 32.2. The number of alkyl halides is 3. The van der Waals surface area contributed by atoms with Gasteiger partial charge in [0.2, 0.25) is 0 Å². The van der Waals surface area contributed by atoms with E-state index in [1.165, 1.54) is 23.9 Å². The Kier molecular flexibility index (Phi) is 5.25. The number of benzene rings is 3. The molecule has 0 aliphatic heterocycles. The third kappa shape index (κ3) is 4.02. The number of fused-ring (bicyclic) bond motifs is 3. The lowest BCUT2D eigenvalue weighted by Gasteiger charge is -2.13. The van der Waals surface area contributed by atoms with E-state index in [0.29, 0.717) is 33.2 Å². The Morgan fingerprint density at radius 1 is 0.970 bits per heavy atom. The molecule has 4 nitrogen and oxygen atoms in total. The molecule has 0 spiro atoms. The molecule has 0 aliphatic rings. The molecule has 0 atom stereocenters. The number of halogens is 3. The van der Waals surface area contributed by atoms with Gasteiger partial charge < -0.3 is 4.98 Å². The fourth-order valence-corrected chi connectivity index (χ4v) is 4.66. The summed E-state index contributed by atoms with van der Waals surface area (Å²) in [5.41, 5.74) is 3.33. The molecular weight excluding hydrogens is 447 g/mol. The van der Waals surface area contributed by atoms with Gasteiger partial charge in [-0.25, -0.2) is 4.98 Å². The minimum atomic E-state index is -4.38. The van der Waals surface area contributed by atoms with Gasteiger partial charge in [-0.3, -0.25) is 9.36 Å². The summed E-state index contributed by atoms with van der Waals surface area (Å²) in [5.74, 6) is 0.365. The maximum Gasteiger partial charge on any atom is 0.416 e. The average Bonchev–Trinajstić information content (AvgIpc) is 3.17. The first kappa shape index (κ1) is 21.3. The van der Waals surface area contributed by atoms with Gasteiger partial charge in [0, 0.05) is 16.7 Å². The highest BCUT2D eigenvalue weighted by molar-refractivity contribution is 7.98. The van der Waals surface area contributed by atoms with Gasteiger partial charge in [0.25, 0.3) is 5.56 Å². The molecule has 8 heteroatoms. The Bertz CT molecular complexity index is 1520. The van der Waals surface area contributed by atoms with E-state index in [1.807, 2.05) is 55.5 Å². The molecule has 0 aliphatic carbocycles. The second-order valence-corrected chi connectivity index (χ2v) is 8.69. The minimum absolute atomic E-state index is 0.227. The smallest absolute Gasteiger partial charge is 0.349 e. The first-order chi connectivity index (χ1) is 15.8. The SMILES string of the molecule is Cc1ccc(-n2c(SCc3ccc(C(F)(F)F)cc3)nc3c([nH]c4ccccc43)c2=O)cc1. The number of thioether (sulfide) groups is 1. The van der Waals surface area contributed by atoms with Crippen LogP contribution >= 0.6 is 11.8 Å². The predicted octanol–water partition coefficient (Wildman–Crippen LogP) is 6.49. The van der Waals surface area contributed by atoms with Crippen molar-refractivity contribution in [1.29, 1.82) is 0 Å². The van der Waals surface area contributed by atoms with Crippen molar-refractivity contribution in [2.45, 2.75) is 24.0 Å². The lowest BCUT2D eigenvalue weighted by molar-refractivity contribution is -0.137. The van der Waals surface area contributed by atoms with Gasteiger partial charge in [-0.05, 0) is 42.8 Å². The fourth-order valence-electron chi connectivity index (χ4n) is 3.70. The molecule has 3 aromatic carbocycles. The van der Waals surface area contributed by atoms with Gasteiger partial charge in [-0.2, -0.15) is 13.2 Å². The molecular formula is C25H18F3N3OS. The molecule has 2 heterocycles. The van der Waals surface area contributed by atoms with Crippen LogP contribution in [0.3, 0.4) is 0 Å². The normalized spacial score (nSPS) is 12.0. The maximum absolute atomic E-state index is 13.5. The van der Waals surface area contributed by atoms with E-state index >= 15 is 0 Å². The molecule has 0 amide bonds. The van der Waals surface area contributed by atoms with Crippen LogP contribution in [0.4, 0.5) is 13.2 Å². The number of H-pyrrole nitrogens is 1. The van der Waals surface area contributed by atoms with Crippen LogP contribution in [0.2, 0.25) is 0 Å². The zero-order chi connectivity index (χ0) is 23.2. The molecule has 0 bridgehead atoms. The lowest BCUT2D eigenvalue weighted by Crippen LogP contribution is -2.21. The van der Waals surface area contributed by atoms with Crippen LogP contribution in [0.1, 0.15) is 16.7 Å². The summed E-state index contributed by atoms with van der Waals surface area (Å²) >= 11 is 1.31. The van der Waals surface area contributed by atoms with Crippen molar-refractivity contribution in [2.24, 2.45) is 0 Å². The highest BCUT2D eigenvalue weighted by Gasteiger charge is 2.30. The van der Waals surface area contributed by atoms with Crippen molar-refractivity contribution in [3.8, 4) is 5.69 Å². The summed E-state index contributed by atoms with van der Waals surface area (Å²) in [4.78, 5) is 21.5. The maximum atomic E-state index is 13.5. The van der Waals surface area contributed by atoms with Gasteiger partial charge in [-0.1, -0.05) is 59.8 Å². The topological polar surface area (TPSA) is 50.7 Å². The van der Waals surface area contributed by atoms with E-state index in [4.69, 9.17) is 4.98 Å². The zero-order valence-corrected chi connectivity index (χ0v) is 18.3. The molecule has 0 saturated carbocycles. The summed E-state index contributed by atoms with van der Waals surface area (Å²) in [5, 5.41) is 1.32. The van der Waals surface area contributed by atoms with Crippen molar-refractivity contribution in [1.82, 2.24) is 14.5 Å². The number of hydrogen-bond donors (Lipinski definition) is 1. The number of aromatic nitrogens is 3. The third-order valence-corrected chi connectivity index (χ3v) is 6.45. The molecule has 1 N–H and O–H groups in total. The standard InChI is InChI=1S/C25H18F3N3OS/c1-15-6-12-18(13-7-15)31-23(32)22-21(19-4-2-3-5-20(19)29-22)30-24(31)33-14-16-8-10-17(11-9-16)25(26,27)28/h2-13,29H,14H2,1H3. The Balaban J connectivity index is 1.61. The molecule has 0 saturated heterocycles. The Morgan fingerprint density at radius 3 is 2.36 bits per heavy atom. The molecule has 0 unspecified atom stereocenters. The first-order valence-corrected chi connectivity index (χ1v) is 11.2. The fraction of sp³-hybridized carbons (Fsp3) is 0.120. The van der Waals surface area contributed by atoms with Crippen molar-refractivity contribution in [2.75, 3.05) is 0 Å². The monoisotopic (exact) mass is 465 g/mol. The molecule has 5 aromatic rings. The van der Waals surface area contributed by atoms with Gasteiger partial charge >= 0.3 is 6.18 Å². The summed E-state index contributed by atoms with van der Waals surface area (Å²) in [7, 11) is 0. The molecule has 0 fully saturated rings. The summed E-state index contributed by atoms with van der Waals surface area (Å²) in [6, 6.07) is 20.2. The second-order valence-electron chi connectivity index (χ2n) is 7.75. The molecule has 33 heavy (non-hydrogen) atoms. The molecule has 2 aromatic heterocycles. The summed E-state index contributed by atoms with van der Waals surface area (Å²) in [6.07, 6.45) is -4.38. The van der Waals surface area contributed by atoms with Crippen molar-refractivity contribution in [3.63, 3.8) is 0 Å². The van der Waals surface area contributed by atoms with E-state index in [0.717, 1.165) is 28.6 Å². The van der Waals surface area contributed by atoms with E-state index in [9.17, 15) is 18.0 Å². The summed E-state index contributed by atoms with van der Waals surface area (Å²) < 4.78 is 40.2.